The Hall–Kier alpha value is -4.43. The Labute approximate surface area is 263 Å². The zero-order chi connectivity index (χ0) is 31.0. The van der Waals surface area contributed by atoms with Crippen LogP contribution in [0.1, 0.15) is 76.7 Å². The number of amides is 1. The Morgan fingerprint density at radius 1 is 0.867 bits per heavy atom. The SMILES string of the molecule is O=C(O)CCc1ccccc1C[C@@H]1[C@H](c2nc(C(=O)NCCCCc3ccc(OCc4ccccc4)cc3)co2)[C@H]2CC[C@@H]1O2. The highest BCUT2D eigenvalue weighted by atomic mass is 16.5. The molecule has 234 valence electrons. The largest absolute Gasteiger partial charge is 0.489 e. The maximum atomic E-state index is 12.9. The molecule has 2 aliphatic heterocycles. The highest BCUT2D eigenvalue weighted by Gasteiger charge is 2.51. The number of oxazole rings is 1. The molecule has 4 atom stereocenters. The van der Waals surface area contributed by atoms with E-state index in [1.165, 1.54) is 11.8 Å². The summed E-state index contributed by atoms with van der Waals surface area (Å²) in [4.78, 5) is 28.7. The quantitative estimate of drug-likeness (QED) is 0.148. The summed E-state index contributed by atoms with van der Waals surface area (Å²) in [5.74, 6) is 0.501. The zero-order valence-electron chi connectivity index (χ0n) is 25.4. The predicted octanol–water partition coefficient (Wildman–Crippen LogP) is 6.53. The van der Waals surface area contributed by atoms with E-state index in [-0.39, 0.29) is 36.4 Å². The molecule has 0 unspecified atom stereocenters. The monoisotopic (exact) mass is 608 g/mol. The molecular weight excluding hydrogens is 568 g/mol. The summed E-state index contributed by atoms with van der Waals surface area (Å²) >= 11 is 0. The summed E-state index contributed by atoms with van der Waals surface area (Å²) in [6, 6.07) is 26.3. The molecule has 0 aliphatic carbocycles. The highest BCUT2D eigenvalue weighted by Crippen LogP contribution is 2.50. The molecule has 2 fully saturated rings. The standard InChI is InChI=1S/C37H40N2O6/c40-34(41)20-15-27-11-4-5-12-28(27)22-30-32-18-19-33(45-32)35(30)37-39-31(24-44-37)36(42)38-21-7-6-8-25-13-16-29(17-14-25)43-23-26-9-2-1-3-10-26/h1-5,9-14,16-17,24,30,32-33,35H,6-8,15,18-23H2,(H,38,42)(H,40,41)/t30-,32-,33+,35-/m0/s1. The molecular formula is C37H40N2O6. The van der Waals surface area contributed by atoms with Gasteiger partial charge in [-0.2, -0.15) is 0 Å². The summed E-state index contributed by atoms with van der Waals surface area (Å²) in [5, 5.41) is 12.2. The molecule has 2 N–H and O–H groups in total. The molecule has 2 saturated heterocycles. The fourth-order valence-electron chi connectivity index (χ4n) is 6.66. The van der Waals surface area contributed by atoms with Gasteiger partial charge in [-0.25, -0.2) is 4.98 Å². The van der Waals surface area contributed by atoms with E-state index >= 15 is 0 Å². The molecule has 45 heavy (non-hydrogen) atoms. The molecule has 0 radical (unpaired) electrons. The van der Waals surface area contributed by atoms with Crippen LogP contribution in [0.2, 0.25) is 0 Å². The number of hydrogen-bond acceptors (Lipinski definition) is 6. The maximum Gasteiger partial charge on any atom is 0.303 e. The minimum atomic E-state index is -0.799. The average Bonchev–Trinajstić information content (AvgIpc) is 3.82. The van der Waals surface area contributed by atoms with E-state index < -0.39 is 5.97 Å². The second-order valence-electron chi connectivity index (χ2n) is 12.0. The second-order valence-corrected chi connectivity index (χ2v) is 12.0. The number of nitrogens with zero attached hydrogens (tertiary/aromatic N) is 1. The van der Waals surface area contributed by atoms with Crippen LogP contribution in [0.3, 0.4) is 0 Å². The average molecular weight is 609 g/mol. The minimum Gasteiger partial charge on any atom is -0.489 e. The molecule has 8 heteroatoms. The van der Waals surface area contributed by atoms with Crippen LogP contribution in [0.4, 0.5) is 0 Å². The van der Waals surface area contributed by atoms with Gasteiger partial charge in [0.15, 0.2) is 5.69 Å². The normalized spacial score (nSPS) is 20.3. The number of carboxylic acids is 1. The zero-order valence-corrected chi connectivity index (χ0v) is 25.4. The number of fused-ring (bicyclic) bond motifs is 2. The molecule has 3 aromatic carbocycles. The van der Waals surface area contributed by atoms with E-state index in [0.29, 0.717) is 31.2 Å². The van der Waals surface area contributed by atoms with Crippen molar-refractivity contribution in [1.82, 2.24) is 10.3 Å². The Morgan fingerprint density at radius 3 is 2.42 bits per heavy atom. The van der Waals surface area contributed by atoms with Crippen LogP contribution in [-0.4, -0.2) is 40.7 Å². The van der Waals surface area contributed by atoms with Crippen LogP contribution in [0.15, 0.2) is 89.5 Å². The number of carboxylic acid groups (broad SMARTS) is 1. The van der Waals surface area contributed by atoms with Crippen LogP contribution in [0.25, 0.3) is 0 Å². The fourth-order valence-corrected chi connectivity index (χ4v) is 6.66. The Kier molecular flexibility index (Phi) is 9.90. The first-order valence-corrected chi connectivity index (χ1v) is 16.0. The molecule has 3 heterocycles. The number of aliphatic carboxylic acids is 1. The van der Waals surface area contributed by atoms with Crippen LogP contribution >= 0.6 is 0 Å². The molecule has 0 saturated carbocycles. The van der Waals surface area contributed by atoms with Gasteiger partial charge in [0, 0.05) is 18.9 Å². The van der Waals surface area contributed by atoms with Crippen molar-refractivity contribution in [3.63, 3.8) is 0 Å². The van der Waals surface area contributed by atoms with Crippen LogP contribution in [0.5, 0.6) is 5.75 Å². The number of aromatic nitrogens is 1. The smallest absolute Gasteiger partial charge is 0.303 e. The van der Waals surface area contributed by atoms with Crippen molar-refractivity contribution in [2.24, 2.45) is 5.92 Å². The number of nitrogens with one attached hydrogen (secondary N) is 1. The van der Waals surface area contributed by atoms with Crippen molar-refractivity contribution >= 4 is 11.9 Å². The van der Waals surface area contributed by atoms with E-state index in [0.717, 1.165) is 61.0 Å². The highest BCUT2D eigenvalue weighted by molar-refractivity contribution is 5.91. The first-order valence-electron chi connectivity index (χ1n) is 16.0. The molecule has 8 nitrogen and oxygen atoms in total. The molecule has 1 amide bonds. The van der Waals surface area contributed by atoms with Gasteiger partial charge in [0.25, 0.3) is 5.91 Å². The minimum absolute atomic E-state index is 0.0187. The van der Waals surface area contributed by atoms with E-state index in [9.17, 15) is 14.7 Å². The van der Waals surface area contributed by atoms with Crippen molar-refractivity contribution in [2.45, 2.75) is 76.1 Å². The third-order valence-corrected chi connectivity index (χ3v) is 9.00. The van der Waals surface area contributed by atoms with Gasteiger partial charge < -0.3 is 24.3 Å². The number of hydrogen-bond donors (Lipinski definition) is 2. The molecule has 1 aromatic heterocycles. The number of aryl methyl sites for hydroxylation is 2. The van der Waals surface area contributed by atoms with Crippen LogP contribution < -0.4 is 10.1 Å². The Bertz CT molecular complexity index is 1570. The van der Waals surface area contributed by atoms with Gasteiger partial charge in [-0.1, -0.05) is 66.7 Å². The van der Waals surface area contributed by atoms with Gasteiger partial charge in [-0.05, 0) is 79.3 Å². The van der Waals surface area contributed by atoms with E-state index in [1.807, 2.05) is 48.5 Å². The lowest BCUT2D eigenvalue weighted by Crippen LogP contribution is -2.28. The first kappa shape index (κ1) is 30.6. The van der Waals surface area contributed by atoms with Crippen LogP contribution in [0, 0.1) is 5.92 Å². The maximum absolute atomic E-state index is 12.9. The lowest BCUT2D eigenvalue weighted by molar-refractivity contribution is -0.136. The third-order valence-electron chi connectivity index (χ3n) is 9.00. The second kappa shape index (κ2) is 14.6. The van der Waals surface area contributed by atoms with Gasteiger partial charge >= 0.3 is 5.97 Å². The van der Waals surface area contributed by atoms with E-state index in [2.05, 4.69) is 40.6 Å². The van der Waals surface area contributed by atoms with Crippen molar-refractivity contribution in [3.05, 3.63) is 119 Å². The van der Waals surface area contributed by atoms with E-state index in [1.54, 1.807) is 0 Å². The third kappa shape index (κ3) is 7.81. The van der Waals surface area contributed by atoms with Gasteiger partial charge in [0.1, 0.15) is 18.6 Å². The van der Waals surface area contributed by atoms with Gasteiger partial charge in [0.05, 0.1) is 18.1 Å². The molecule has 6 rings (SSSR count). The first-order chi connectivity index (χ1) is 22.0. The number of ether oxygens (including phenoxy) is 2. The van der Waals surface area contributed by atoms with Crippen molar-refractivity contribution in [1.29, 1.82) is 0 Å². The Morgan fingerprint density at radius 2 is 1.62 bits per heavy atom. The summed E-state index contributed by atoms with van der Waals surface area (Å²) < 4.78 is 18.1. The summed E-state index contributed by atoms with van der Waals surface area (Å²) in [6.07, 6.45) is 7.60. The van der Waals surface area contributed by atoms with Crippen molar-refractivity contribution < 1.29 is 28.6 Å². The van der Waals surface area contributed by atoms with Crippen molar-refractivity contribution in [2.75, 3.05) is 6.54 Å². The van der Waals surface area contributed by atoms with Gasteiger partial charge in [0.2, 0.25) is 5.89 Å². The van der Waals surface area contributed by atoms with Crippen LogP contribution in [-0.2, 0) is 35.4 Å². The number of unbranched alkanes of at least 4 members (excludes halogenated alkanes) is 1. The number of carbonyl (C=O) groups excluding carboxylic acids is 1. The summed E-state index contributed by atoms with van der Waals surface area (Å²) in [5.41, 5.74) is 4.86. The van der Waals surface area contributed by atoms with Gasteiger partial charge in [-0.3, -0.25) is 9.59 Å². The fraction of sp³-hybridized carbons (Fsp3) is 0.378. The molecule has 2 aliphatic rings. The summed E-state index contributed by atoms with van der Waals surface area (Å²) in [7, 11) is 0. The lowest BCUT2D eigenvalue weighted by Gasteiger charge is -2.26. The number of benzene rings is 3. The molecule has 0 spiro atoms. The predicted molar refractivity (Wildman–Crippen MR) is 169 cm³/mol. The molecule has 4 aromatic rings. The van der Waals surface area contributed by atoms with Crippen molar-refractivity contribution in [3.8, 4) is 5.75 Å². The lowest BCUT2D eigenvalue weighted by atomic mass is 9.75. The topological polar surface area (TPSA) is 111 Å². The number of rotatable bonds is 15. The Balaban J connectivity index is 0.968. The van der Waals surface area contributed by atoms with E-state index in [4.69, 9.17) is 13.9 Å². The summed E-state index contributed by atoms with van der Waals surface area (Å²) in [6.45, 7) is 1.11. The molecule has 2 bridgehead atoms. The van der Waals surface area contributed by atoms with Gasteiger partial charge in [-0.15, -0.1) is 0 Å². The number of carbonyl (C=O) groups is 2.